The number of benzene rings is 1. The molecule has 0 unspecified atom stereocenters. The summed E-state index contributed by atoms with van der Waals surface area (Å²) >= 11 is 12.3. The van der Waals surface area contributed by atoms with Crippen molar-refractivity contribution in [2.75, 3.05) is 32.7 Å². The summed E-state index contributed by atoms with van der Waals surface area (Å²) in [4.78, 5) is 15.2. The van der Waals surface area contributed by atoms with Crippen molar-refractivity contribution in [3.8, 4) is 0 Å². The van der Waals surface area contributed by atoms with Gasteiger partial charge in [-0.15, -0.1) is 0 Å². The second-order valence-electron chi connectivity index (χ2n) is 4.72. The van der Waals surface area contributed by atoms with Gasteiger partial charge in [0.15, 0.2) is 0 Å². The van der Waals surface area contributed by atoms with Gasteiger partial charge in [0, 0.05) is 48.3 Å². The maximum Gasteiger partial charge on any atom is 0.231 e. The molecule has 2 N–H and O–H groups in total. The van der Waals surface area contributed by atoms with Crippen LogP contribution in [0, 0.1) is 0 Å². The fraction of sp³-hybridized carbons (Fsp3) is 0.462. The number of hydrogen-bond donors (Lipinski definition) is 1. The zero-order chi connectivity index (χ0) is 13.8. The zero-order valence-electron chi connectivity index (χ0n) is 10.6. The van der Waals surface area contributed by atoms with E-state index in [1.807, 2.05) is 18.2 Å². The SMILES string of the molecule is NC(=O)CN1CCN(Cc2c(Cl)cccc2Cl)CC1. The summed E-state index contributed by atoms with van der Waals surface area (Å²) in [7, 11) is 0. The molecule has 0 aliphatic carbocycles. The molecule has 1 fully saturated rings. The smallest absolute Gasteiger partial charge is 0.231 e. The van der Waals surface area contributed by atoms with Gasteiger partial charge >= 0.3 is 0 Å². The second-order valence-corrected chi connectivity index (χ2v) is 5.53. The predicted octanol–water partition coefficient (Wildman–Crippen LogP) is 1.60. The first-order valence-electron chi connectivity index (χ1n) is 6.22. The normalized spacial score (nSPS) is 17.6. The summed E-state index contributed by atoms with van der Waals surface area (Å²) in [5.41, 5.74) is 6.16. The van der Waals surface area contributed by atoms with E-state index in [1.54, 1.807) is 0 Å². The van der Waals surface area contributed by atoms with Crippen LogP contribution >= 0.6 is 23.2 Å². The maximum absolute atomic E-state index is 10.9. The molecule has 1 aromatic carbocycles. The highest BCUT2D eigenvalue weighted by Crippen LogP contribution is 2.25. The van der Waals surface area contributed by atoms with Crippen molar-refractivity contribution < 1.29 is 4.79 Å². The number of rotatable bonds is 4. The largest absolute Gasteiger partial charge is 0.369 e. The van der Waals surface area contributed by atoms with Crippen LogP contribution < -0.4 is 5.73 Å². The van der Waals surface area contributed by atoms with E-state index in [-0.39, 0.29) is 5.91 Å². The van der Waals surface area contributed by atoms with Crippen LogP contribution in [0.3, 0.4) is 0 Å². The molecule has 0 atom stereocenters. The summed E-state index contributed by atoms with van der Waals surface area (Å²) in [6.07, 6.45) is 0. The lowest BCUT2D eigenvalue weighted by Gasteiger charge is -2.34. The van der Waals surface area contributed by atoms with Gasteiger partial charge in [0.2, 0.25) is 5.91 Å². The predicted molar refractivity (Wildman–Crippen MR) is 77.4 cm³/mol. The number of primary amides is 1. The van der Waals surface area contributed by atoms with Crippen molar-refractivity contribution in [2.45, 2.75) is 6.54 Å². The zero-order valence-corrected chi connectivity index (χ0v) is 12.1. The fourth-order valence-electron chi connectivity index (χ4n) is 2.23. The maximum atomic E-state index is 10.9. The molecule has 1 aliphatic heterocycles. The van der Waals surface area contributed by atoms with E-state index in [4.69, 9.17) is 28.9 Å². The average Bonchev–Trinajstić information content (AvgIpc) is 2.35. The Balaban J connectivity index is 1.91. The highest BCUT2D eigenvalue weighted by Gasteiger charge is 2.19. The molecular formula is C13H17Cl2N3O. The summed E-state index contributed by atoms with van der Waals surface area (Å²) in [5, 5.41) is 1.40. The van der Waals surface area contributed by atoms with Gasteiger partial charge in [-0.1, -0.05) is 29.3 Å². The van der Waals surface area contributed by atoms with Gasteiger partial charge in [0.1, 0.15) is 0 Å². The van der Waals surface area contributed by atoms with Crippen LogP contribution in [0.2, 0.25) is 10.0 Å². The Morgan fingerprint density at radius 2 is 1.63 bits per heavy atom. The minimum absolute atomic E-state index is 0.275. The third-order valence-electron chi connectivity index (χ3n) is 3.29. The van der Waals surface area contributed by atoms with Crippen molar-refractivity contribution in [1.82, 2.24) is 9.80 Å². The Bertz CT molecular complexity index is 439. The van der Waals surface area contributed by atoms with Gasteiger partial charge in [-0.25, -0.2) is 0 Å². The van der Waals surface area contributed by atoms with Crippen molar-refractivity contribution in [1.29, 1.82) is 0 Å². The minimum atomic E-state index is -0.275. The Morgan fingerprint density at radius 1 is 1.11 bits per heavy atom. The molecular weight excluding hydrogens is 285 g/mol. The molecule has 0 spiro atoms. The number of halogens is 2. The number of carbonyl (C=O) groups excluding carboxylic acids is 1. The van der Waals surface area contributed by atoms with Gasteiger partial charge in [0.05, 0.1) is 6.54 Å². The highest BCUT2D eigenvalue weighted by molar-refractivity contribution is 6.35. The molecule has 0 saturated carbocycles. The topological polar surface area (TPSA) is 49.6 Å². The molecule has 2 rings (SSSR count). The Morgan fingerprint density at radius 3 is 2.16 bits per heavy atom. The van der Waals surface area contributed by atoms with Gasteiger partial charge < -0.3 is 5.73 Å². The molecule has 1 amide bonds. The van der Waals surface area contributed by atoms with E-state index in [1.165, 1.54) is 0 Å². The fourth-order valence-corrected chi connectivity index (χ4v) is 2.75. The molecule has 6 heteroatoms. The van der Waals surface area contributed by atoms with Gasteiger partial charge in [-0.3, -0.25) is 14.6 Å². The average molecular weight is 302 g/mol. The van der Waals surface area contributed by atoms with Gasteiger partial charge in [-0.05, 0) is 12.1 Å². The summed E-state index contributed by atoms with van der Waals surface area (Å²) in [6.45, 7) is 4.52. The lowest BCUT2D eigenvalue weighted by Crippen LogP contribution is -2.48. The van der Waals surface area contributed by atoms with Crippen LogP contribution in [0.1, 0.15) is 5.56 Å². The summed E-state index contributed by atoms with van der Waals surface area (Å²) in [6, 6.07) is 5.55. The molecule has 0 radical (unpaired) electrons. The Hall–Kier alpha value is -0.810. The molecule has 1 aromatic rings. The lowest BCUT2D eigenvalue weighted by atomic mass is 10.2. The molecule has 1 saturated heterocycles. The van der Waals surface area contributed by atoms with E-state index in [0.29, 0.717) is 16.6 Å². The number of nitrogens with two attached hydrogens (primary N) is 1. The standard InChI is InChI=1S/C13H17Cl2N3O/c14-11-2-1-3-12(15)10(11)8-17-4-6-18(7-5-17)9-13(16)19/h1-3H,4-9H2,(H2,16,19). The van der Waals surface area contributed by atoms with Crippen LogP contribution in [-0.4, -0.2) is 48.4 Å². The second kappa shape index (κ2) is 6.57. The van der Waals surface area contributed by atoms with E-state index < -0.39 is 0 Å². The van der Waals surface area contributed by atoms with Crippen LogP contribution in [0.15, 0.2) is 18.2 Å². The highest BCUT2D eigenvalue weighted by atomic mass is 35.5. The van der Waals surface area contributed by atoms with Gasteiger partial charge in [-0.2, -0.15) is 0 Å². The number of piperazine rings is 1. The molecule has 0 bridgehead atoms. The monoisotopic (exact) mass is 301 g/mol. The van der Waals surface area contributed by atoms with E-state index in [0.717, 1.165) is 38.3 Å². The van der Waals surface area contributed by atoms with Gasteiger partial charge in [0.25, 0.3) is 0 Å². The third kappa shape index (κ3) is 4.08. The third-order valence-corrected chi connectivity index (χ3v) is 4.00. The Kier molecular flexibility index (Phi) is 5.05. The quantitative estimate of drug-likeness (QED) is 0.919. The van der Waals surface area contributed by atoms with Crippen LogP contribution in [0.4, 0.5) is 0 Å². The van der Waals surface area contributed by atoms with Crippen LogP contribution in [0.5, 0.6) is 0 Å². The molecule has 19 heavy (non-hydrogen) atoms. The first-order chi connectivity index (χ1) is 9.06. The number of nitrogens with zero attached hydrogens (tertiary/aromatic N) is 2. The number of hydrogen-bond acceptors (Lipinski definition) is 3. The van der Waals surface area contributed by atoms with Crippen LogP contribution in [0.25, 0.3) is 0 Å². The summed E-state index contributed by atoms with van der Waals surface area (Å²) in [5.74, 6) is -0.275. The van der Waals surface area contributed by atoms with E-state index in [9.17, 15) is 4.79 Å². The first kappa shape index (κ1) is 14.6. The van der Waals surface area contributed by atoms with Crippen molar-refractivity contribution >= 4 is 29.1 Å². The van der Waals surface area contributed by atoms with Crippen molar-refractivity contribution in [2.24, 2.45) is 5.73 Å². The summed E-state index contributed by atoms with van der Waals surface area (Å²) < 4.78 is 0. The minimum Gasteiger partial charge on any atom is -0.369 e. The van der Waals surface area contributed by atoms with Crippen molar-refractivity contribution in [3.63, 3.8) is 0 Å². The molecule has 0 aromatic heterocycles. The molecule has 4 nitrogen and oxygen atoms in total. The van der Waals surface area contributed by atoms with E-state index in [2.05, 4.69) is 9.80 Å². The molecule has 1 aliphatic rings. The molecule has 104 valence electrons. The number of amides is 1. The Labute approximate surface area is 123 Å². The first-order valence-corrected chi connectivity index (χ1v) is 6.98. The van der Waals surface area contributed by atoms with Crippen molar-refractivity contribution in [3.05, 3.63) is 33.8 Å². The molecule has 1 heterocycles. The number of carbonyl (C=O) groups is 1. The lowest BCUT2D eigenvalue weighted by molar-refractivity contribution is -0.119. The van der Waals surface area contributed by atoms with Crippen LogP contribution in [-0.2, 0) is 11.3 Å². The van der Waals surface area contributed by atoms with E-state index >= 15 is 0 Å².